The quantitative estimate of drug-likeness (QED) is 0.451. The SMILES string of the molecule is COCCCNC(=O)c1cc2c(N)cccc2n(Cc2ccc(OC)cc2)c1=O. The molecule has 7 heteroatoms. The van der Waals surface area contributed by atoms with E-state index in [0.29, 0.717) is 42.7 Å². The van der Waals surface area contributed by atoms with Gasteiger partial charge in [0.1, 0.15) is 11.3 Å². The number of fused-ring (bicyclic) bond motifs is 1. The number of hydrogen-bond acceptors (Lipinski definition) is 5. The van der Waals surface area contributed by atoms with Gasteiger partial charge in [0.25, 0.3) is 11.5 Å². The number of nitrogens with zero attached hydrogens (tertiary/aromatic N) is 1. The highest BCUT2D eigenvalue weighted by Gasteiger charge is 2.17. The maximum Gasteiger partial charge on any atom is 0.264 e. The van der Waals surface area contributed by atoms with Gasteiger partial charge < -0.3 is 25.1 Å². The number of rotatable bonds is 8. The molecule has 0 radical (unpaired) electrons. The van der Waals surface area contributed by atoms with E-state index >= 15 is 0 Å². The van der Waals surface area contributed by atoms with Crippen molar-refractivity contribution in [1.82, 2.24) is 9.88 Å². The van der Waals surface area contributed by atoms with Crippen LogP contribution < -0.4 is 21.3 Å². The first kappa shape index (κ1) is 20.4. The van der Waals surface area contributed by atoms with Gasteiger partial charge >= 0.3 is 0 Å². The van der Waals surface area contributed by atoms with E-state index in [-0.39, 0.29) is 11.1 Å². The number of amides is 1. The Kier molecular flexibility index (Phi) is 6.51. The molecule has 1 aromatic heterocycles. The van der Waals surface area contributed by atoms with Crippen molar-refractivity contribution in [3.8, 4) is 5.75 Å². The summed E-state index contributed by atoms with van der Waals surface area (Å²) in [5.41, 5.74) is 7.95. The minimum Gasteiger partial charge on any atom is -0.497 e. The van der Waals surface area contributed by atoms with Crippen LogP contribution in [0.5, 0.6) is 5.75 Å². The third kappa shape index (κ3) is 4.57. The van der Waals surface area contributed by atoms with E-state index in [1.165, 1.54) is 0 Å². The van der Waals surface area contributed by atoms with E-state index < -0.39 is 5.91 Å². The normalized spacial score (nSPS) is 10.8. The molecule has 3 aromatic rings. The molecule has 0 unspecified atom stereocenters. The van der Waals surface area contributed by atoms with Crippen molar-refractivity contribution in [3.05, 3.63) is 70.0 Å². The molecular formula is C22H25N3O4. The summed E-state index contributed by atoms with van der Waals surface area (Å²) in [6, 6.07) is 14.4. The Labute approximate surface area is 169 Å². The van der Waals surface area contributed by atoms with Crippen LogP contribution in [0.15, 0.2) is 53.3 Å². The molecule has 2 aromatic carbocycles. The van der Waals surface area contributed by atoms with Crippen LogP contribution in [0, 0.1) is 0 Å². The molecule has 1 heterocycles. The minimum absolute atomic E-state index is 0.0707. The van der Waals surface area contributed by atoms with Gasteiger partial charge in [0, 0.05) is 31.3 Å². The molecule has 3 N–H and O–H groups in total. The highest BCUT2D eigenvalue weighted by atomic mass is 16.5. The first-order valence-electron chi connectivity index (χ1n) is 9.37. The van der Waals surface area contributed by atoms with Crippen LogP contribution in [0.25, 0.3) is 10.9 Å². The lowest BCUT2D eigenvalue weighted by Crippen LogP contribution is -2.34. The summed E-state index contributed by atoms with van der Waals surface area (Å²) in [7, 11) is 3.20. The highest BCUT2D eigenvalue weighted by Crippen LogP contribution is 2.22. The molecule has 0 aliphatic rings. The molecule has 0 saturated heterocycles. The summed E-state index contributed by atoms with van der Waals surface area (Å²) >= 11 is 0. The molecule has 0 spiro atoms. The van der Waals surface area contributed by atoms with Crippen molar-refractivity contribution >= 4 is 22.5 Å². The predicted octanol–water partition coefficient (Wildman–Crippen LogP) is 2.41. The number of anilines is 1. The summed E-state index contributed by atoms with van der Waals surface area (Å²) in [5.74, 6) is 0.319. The molecule has 0 atom stereocenters. The average Bonchev–Trinajstić information content (AvgIpc) is 2.73. The van der Waals surface area contributed by atoms with Gasteiger partial charge in [0.2, 0.25) is 0 Å². The van der Waals surface area contributed by atoms with Gasteiger partial charge in [-0.15, -0.1) is 0 Å². The van der Waals surface area contributed by atoms with Crippen LogP contribution in [0.2, 0.25) is 0 Å². The Morgan fingerprint density at radius 3 is 2.59 bits per heavy atom. The minimum atomic E-state index is -0.417. The van der Waals surface area contributed by atoms with Gasteiger partial charge in [0.05, 0.1) is 19.2 Å². The molecule has 0 fully saturated rings. The van der Waals surface area contributed by atoms with Crippen molar-refractivity contribution in [2.75, 3.05) is 33.1 Å². The zero-order valence-electron chi connectivity index (χ0n) is 16.6. The van der Waals surface area contributed by atoms with Gasteiger partial charge in [-0.05, 0) is 42.3 Å². The third-order valence-corrected chi connectivity index (χ3v) is 4.73. The molecule has 29 heavy (non-hydrogen) atoms. The number of ether oxygens (including phenoxy) is 2. The molecule has 152 valence electrons. The smallest absolute Gasteiger partial charge is 0.264 e. The maximum absolute atomic E-state index is 13.2. The Morgan fingerprint density at radius 1 is 1.14 bits per heavy atom. The molecule has 0 aliphatic carbocycles. The number of carbonyl (C=O) groups excluding carboxylic acids is 1. The number of nitrogen functional groups attached to an aromatic ring is 1. The van der Waals surface area contributed by atoms with E-state index in [4.69, 9.17) is 15.2 Å². The summed E-state index contributed by atoms with van der Waals surface area (Å²) in [5, 5.41) is 3.44. The predicted molar refractivity (Wildman–Crippen MR) is 114 cm³/mol. The largest absolute Gasteiger partial charge is 0.497 e. The fourth-order valence-corrected chi connectivity index (χ4v) is 3.17. The van der Waals surface area contributed by atoms with Crippen LogP contribution >= 0.6 is 0 Å². The first-order chi connectivity index (χ1) is 14.0. The molecular weight excluding hydrogens is 370 g/mol. The van der Waals surface area contributed by atoms with Crippen molar-refractivity contribution in [2.45, 2.75) is 13.0 Å². The number of nitrogens with one attached hydrogen (secondary N) is 1. The van der Waals surface area contributed by atoms with Crippen LogP contribution in [-0.4, -0.2) is 37.8 Å². The number of hydrogen-bond donors (Lipinski definition) is 2. The summed E-state index contributed by atoms with van der Waals surface area (Å²) in [4.78, 5) is 25.8. The van der Waals surface area contributed by atoms with E-state index in [2.05, 4.69) is 5.32 Å². The van der Waals surface area contributed by atoms with Gasteiger partial charge in [-0.3, -0.25) is 9.59 Å². The number of carbonyl (C=O) groups is 1. The van der Waals surface area contributed by atoms with E-state index in [1.54, 1.807) is 37.0 Å². The maximum atomic E-state index is 13.2. The second kappa shape index (κ2) is 9.25. The van der Waals surface area contributed by atoms with Gasteiger partial charge in [-0.25, -0.2) is 0 Å². The Bertz CT molecular complexity index is 1060. The van der Waals surface area contributed by atoms with Gasteiger partial charge in [0.15, 0.2) is 0 Å². The molecule has 0 bridgehead atoms. The monoisotopic (exact) mass is 395 g/mol. The Balaban J connectivity index is 2.02. The van der Waals surface area contributed by atoms with E-state index in [9.17, 15) is 9.59 Å². The number of methoxy groups -OCH3 is 2. The zero-order valence-corrected chi connectivity index (χ0v) is 16.6. The van der Waals surface area contributed by atoms with Crippen molar-refractivity contribution in [2.24, 2.45) is 0 Å². The van der Waals surface area contributed by atoms with Crippen LogP contribution in [0.1, 0.15) is 22.3 Å². The lowest BCUT2D eigenvalue weighted by Gasteiger charge is -2.15. The van der Waals surface area contributed by atoms with Gasteiger partial charge in [-0.2, -0.15) is 0 Å². The Hall–Kier alpha value is -3.32. The lowest BCUT2D eigenvalue weighted by molar-refractivity contribution is 0.0947. The fraction of sp³-hybridized carbons (Fsp3) is 0.273. The van der Waals surface area contributed by atoms with Crippen molar-refractivity contribution < 1.29 is 14.3 Å². The topological polar surface area (TPSA) is 95.6 Å². The number of pyridine rings is 1. The van der Waals surface area contributed by atoms with Crippen molar-refractivity contribution in [3.63, 3.8) is 0 Å². The standard InChI is InChI=1S/C22H25N3O4/c1-28-12-4-11-24-21(26)18-13-17-19(23)5-3-6-20(17)25(22(18)27)14-15-7-9-16(29-2)10-8-15/h3,5-10,13H,4,11-12,14,23H2,1-2H3,(H,24,26). The van der Waals surface area contributed by atoms with Gasteiger partial charge in [-0.1, -0.05) is 18.2 Å². The summed E-state index contributed by atoms with van der Waals surface area (Å²) < 4.78 is 11.8. The fourth-order valence-electron chi connectivity index (χ4n) is 3.17. The average molecular weight is 395 g/mol. The first-order valence-corrected chi connectivity index (χ1v) is 9.37. The second-order valence-corrected chi connectivity index (χ2v) is 6.68. The lowest BCUT2D eigenvalue weighted by atomic mass is 10.1. The molecule has 0 aliphatic heterocycles. The molecule has 7 nitrogen and oxygen atoms in total. The highest BCUT2D eigenvalue weighted by molar-refractivity contribution is 6.00. The second-order valence-electron chi connectivity index (χ2n) is 6.68. The molecule has 0 saturated carbocycles. The zero-order chi connectivity index (χ0) is 20.8. The van der Waals surface area contributed by atoms with E-state index in [1.807, 2.05) is 30.3 Å². The summed E-state index contributed by atoms with van der Waals surface area (Å²) in [6.07, 6.45) is 0.665. The molecule has 1 amide bonds. The number of aromatic nitrogens is 1. The van der Waals surface area contributed by atoms with Crippen molar-refractivity contribution in [1.29, 1.82) is 0 Å². The van der Waals surface area contributed by atoms with Crippen LogP contribution in [0.4, 0.5) is 5.69 Å². The summed E-state index contributed by atoms with van der Waals surface area (Å²) in [6.45, 7) is 1.27. The van der Waals surface area contributed by atoms with E-state index in [0.717, 1.165) is 11.3 Å². The number of nitrogens with two attached hydrogens (primary N) is 1. The van der Waals surface area contributed by atoms with Crippen LogP contribution in [0.3, 0.4) is 0 Å². The third-order valence-electron chi connectivity index (χ3n) is 4.73. The van der Waals surface area contributed by atoms with Crippen LogP contribution in [-0.2, 0) is 11.3 Å². The number of benzene rings is 2. The Morgan fingerprint density at radius 2 is 1.90 bits per heavy atom. The molecule has 3 rings (SSSR count).